The summed E-state index contributed by atoms with van der Waals surface area (Å²) < 4.78 is 26.5. The zero-order valence-corrected chi connectivity index (χ0v) is 9.49. The van der Waals surface area contributed by atoms with E-state index >= 15 is 0 Å². The molecule has 2 heterocycles. The van der Waals surface area contributed by atoms with Gasteiger partial charge in [-0.3, -0.25) is 4.79 Å². The number of fused-ring (bicyclic) bond motifs is 1. The average Bonchev–Trinajstić information content (AvgIpc) is 2.23. The minimum atomic E-state index is -3.78. The molecule has 1 aromatic heterocycles. The maximum Gasteiger partial charge on any atom is 0.327 e. The molecule has 0 aliphatic carbocycles. The van der Waals surface area contributed by atoms with E-state index in [0.29, 0.717) is 6.42 Å². The number of amides is 1. The second kappa shape index (κ2) is 3.75. The van der Waals surface area contributed by atoms with Gasteiger partial charge in [0.15, 0.2) is 5.82 Å². The summed E-state index contributed by atoms with van der Waals surface area (Å²) in [6, 6.07) is 3.15. The second-order valence-electron chi connectivity index (χ2n) is 3.38. The normalized spacial score (nSPS) is 17.8. The predicted octanol–water partition coefficient (Wildman–Crippen LogP) is 0.604. The zero-order chi connectivity index (χ0) is 11.8. The first-order valence-electron chi connectivity index (χ1n) is 4.86. The largest absolute Gasteiger partial charge is 0.327 e. The molecular formula is C9H11N3O3S. The van der Waals surface area contributed by atoms with Gasteiger partial charge in [0.2, 0.25) is 0 Å². The van der Waals surface area contributed by atoms with E-state index in [2.05, 4.69) is 9.71 Å². The van der Waals surface area contributed by atoms with Crippen LogP contribution in [-0.2, 0) is 10.2 Å². The van der Waals surface area contributed by atoms with Crippen molar-refractivity contribution in [1.82, 2.24) is 9.29 Å². The summed E-state index contributed by atoms with van der Waals surface area (Å²) in [5.74, 6) is -0.427. The van der Waals surface area contributed by atoms with Gasteiger partial charge in [0, 0.05) is 12.7 Å². The summed E-state index contributed by atoms with van der Waals surface area (Å²) >= 11 is 0. The Balaban J connectivity index is 2.52. The molecule has 1 aromatic rings. The summed E-state index contributed by atoms with van der Waals surface area (Å²) in [7, 11) is -3.78. The van der Waals surface area contributed by atoms with Crippen LogP contribution >= 0.6 is 0 Å². The SMILES string of the molecule is CCCN1C(=O)c2cccnc2NS1(=O)=O. The van der Waals surface area contributed by atoms with Gasteiger partial charge < -0.3 is 0 Å². The molecule has 0 spiro atoms. The van der Waals surface area contributed by atoms with Gasteiger partial charge in [-0.05, 0) is 18.6 Å². The quantitative estimate of drug-likeness (QED) is 0.822. The number of hydrogen-bond donors (Lipinski definition) is 1. The Hall–Kier alpha value is -1.63. The molecule has 0 radical (unpaired) electrons. The molecule has 6 nitrogen and oxygen atoms in total. The van der Waals surface area contributed by atoms with Crippen molar-refractivity contribution < 1.29 is 13.2 Å². The van der Waals surface area contributed by atoms with Crippen LogP contribution in [0.25, 0.3) is 0 Å². The third kappa shape index (κ3) is 1.63. The summed E-state index contributed by atoms with van der Waals surface area (Å²) in [6.07, 6.45) is 2.01. The minimum absolute atomic E-state index is 0.0971. The van der Waals surface area contributed by atoms with Crippen LogP contribution in [0.2, 0.25) is 0 Å². The third-order valence-corrected chi connectivity index (χ3v) is 3.59. The standard InChI is InChI=1S/C9H11N3O3S/c1-2-6-12-9(13)7-4-3-5-10-8(7)11-16(12,14)15/h3-5H,2,6H2,1H3,(H,10,11). The van der Waals surface area contributed by atoms with Gasteiger partial charge in [-0.2, -0.15) is 8.42 Å². The van der Waals surface area contributed by atoms with Crippen molar-refractivity contribution in [1.29, 1.82) is 0 Å². The fourth-order valence-electron chi connectivity index (χ4n) is 1.50. The first-order chi connectivity index (χ1) is 7.56. The number of aromatic nitrogens is 1. The van der Waals surface area contributed by atoms with Crippen molar-refractivity contribution in [2.75, 3.05) is 11.3 Å². The van der Waals surface area contributed by atoms with Gasteiger partial charge in [0.1, 0.15) is 0 Å². The number of nitrogens with zero attached hydrogens (tertiary/aromatic N) is 2. The lowest BCUT2D eigenvalue weighted by Gasteiger charge is -2.27. The molecule has 0 saturated heterocycles. The average molecular weight is 241 g/mol. The smallest absolute Gasteiger partial charge is 0.268 e. The van der Waals surface area contributed by atoms with Crippen LogP contribution in [0, 0.1) is 0 Å². The van der Waals surface area contributed by atoms with Gasteiger partial charge in [-0.15, -0.1) is 0 Å². The van der Waals surface area contributed by atoms with E-state index in [1.165, 1.54) is 6.20 Å². The molecular weight excluding hydrogens is 230 g/mol. The van der Waals surface area contributed by atoms with E-state index in [1.54, 1.807) is 12.1 Å². The van der Waals surface area contributed by atoms with E-state index in [-0.39, 0.29) is 17.9 Å². The van der Waals surface area contributed by atoms with E-state index < -0.39 is 16.1 Å². The lowest BCUT2D eigenvalue weighted by atomic mass is 10.2. The van der Waals surface area contributed by atoms with Crippen molar-refractivity contribution in [3.63, 3.8) is 0 Å². The molecule has 0 bridgehead atoms. The molecule has 0 atom stereocenters. The highest BCUT2D eigenvalue weighted by Gasteiger charge is 2.35. The van der Waals surface area contributed by atoms with Crippen molar-refractivity contribution in [2.24, 2.45) is 0 Å². The Morgan fingerprint density at radius 1 is 1.50 bits per heavy atom. The van der Waals surface area contributed by atoms with Crippen molar-refractivity contribution in [3.05, 3.63) is 23.9 Å². The number of anilines is 1. The second-order valence-corrected chi connectivity index (χ2v) is 4.98. The highest BCUT2D eigenvalue weighted by Crippen LogP contribution is 2.23. The van der Waals surface area contributed by atoms with Gasteiger partial charge >= 0.3 is 10.2 Å². The fourth-order valence-corrected chi connectivity index (χ4v) is 2.76. The molecule has 1 amide bonds. The van der Waals surface area contributed by atoms with Gasteiger partial charge in [-0.1, -0.05) is 6.92 Å². The lowest BCUT2D eigenvalue weighted by Crippen LogP contribution is -2.45. The van der Waals surface area contributed by atoms with Gasteiger partial charge in [0.05, 0.1) is 5.56 Å². The Labute approximate surface area is 93.5 Å². The van der Waals surface area contributed by atoms with Gasteiger partial charge in [0.25, 0.3) is 5.91 Å². The molecule has 1 aliphatic heterocycles. The number of hydrogen-bond acceptors (Lipinski definition) is 4. The molecule has 0 saturated carbocycles. The molecule has 0 fully saturated rings. The number of pyridine rings is 1. The summed E-state index contributed by atoms with van der Waals surface area (Å²) in [4.78, 5) is 15.7. The first kappa shape index (κ1) is 10.9. The molecule has 0 aromatic carbocycles. The molecule has 86 valence electrons. The topological polar surface area (TPSA) is 79.4 Å². The van der Waals surface area contributed by atoms with Crippen LogP contribution in [0.3, 0.4) is 0 Å². The van der Waals surface area contributed by atoms with Crippen LogP contribution in [0.1, 0.15) is 23.7 Å². The van der Waals surface area contributed by atoms with Crippen LogP contribution in [-0.4, -0.2) is 30.2 Å². The monoisotopic (exact) mass is 241 g/mol. The Morgan fingerprint density at radius 2 is 2.25 bits per heavy atom. The van der Waals surface area contributed by atoms with Crippen molar-refractivity contribution >= 4 is 21.9 Å². The maximum atomic E-state index is 11.9. The summed E-state index contributed by atoms with van der Waals surface area (Å²) in [5, 5.41) is 0. The maximum absolute atomic E-state index is 11.9. The van der Waals surface area contributed by atoms with E-state index in [0.717, 1.165) is 4.31 Å². The highest BCUT2D eigenvalue weighted by atomic mass is 32.2. The highest BCUT2D eigenvalue weighted by molar-refractivity contribution is 7.91. The molecule has 16 heavy (non-hydrogen) atoms. The Kier molecular flexibility index (Phi) is 2.55. The van der Waals surface area contributed by atoms with Crippen LogP contribution < -0.4 is 4.72 Å². The van der Waals surface area contributed by atoms with Crippen LogP contribution in [0.5, 0.6) is 0 Å². The van der Waals surface area contributed by atoms with Crippen molar-refractivity contribution in [3.8, 4) is 0 Å². The molecule has 7 heteroatoms. The van der Waals surface area contributed by atoms with E-state index in [1.807, 2.05) is 6.92 Å². The first-order valence-corrected chi connectivity index (χ1v) is 6.30. The lowest BCUT2D eigenvalue weighted by molar-refractivity contribution is 0.0859. The Morgan fingerprint density at radius 3 is 2.94 bits per heavy atom. The number of rotatable bonds is 2. The molecule has 2 rings (SSSR count). The van der Waals surface area contributed by atoms with E-state index in [4.69, 9.17) is 0 Å². The Bertz CT molecular complexity index is 527. The summed E-state index contributed by atoms with van der Waals surface area (Å²) in [5.41, 5.74) is 0.283. The fraction of sp³-hybridized carbons (Fsp3) is 0.333. The number of carbonyl (C=O) groups excluding carboxylic acids is 1. The van der Waals surface area contributed by atoms with Crippen LogP contribution in [0.15, 0.2) is 18.3 Å². The number of nitrogens with one attached hydrogen (secondary N) is 1. The third-order valence-electron chi connectivity index (χ3n) is 2.21. The molecule has 1 aliphatic rings. The number of carbonyl (C=O) groups is 1. The van der Waals surface area contributed by atoms with Crippen molar-refractivity contribution in [2.45, 2.75) is 13.3 Å². The van der Waals surface area contributed by atoms with E-state index in [9.17, 15) is 13.2 Å². The van der Waals surface area contributed by atoms with Crippen LogP contribution in [0.4, 0.5) is 5.82 Å². The predicted molar refractivity (Wildman–Crippen MR) is 58.1 cm³/mol. The van der Waals surface area contributed by atoms with Gasteiger partial charge in [-0.25, -0.2) is 14.0 Å². The molecule has 0 unspecified atom stereocenters. The zero-order valence-electron chi connectivity index (χ0n) is 8.67. The molecule has 1 N–H and O–H groups in total. The summed E-state index contributed by atoms with van der Waals surface area (Å²) in [6.45, 7) is 1.98. The minimum Gasteiger partial charge on any atom is -0.268 e.